The summed E-state index contributed by atoms with van der Waals surface area (Å²) in [7, 11) is 3.49. The Morgan fingerprint density at radius 3 is 2.67 bits per heavy atom. The summed E-state index contributed by atoms with van der Waals surface area (Å²) in [6, 6.07) is 8.54. The predicted molar refractivity (Wildman–Crippen MR) is 83.5 cm³/mol. The number of benzene rings is 1. The zero-order valence-corrected chi connectivity index (χ0v) is 13.1. The molecule has 0 spiro atoms. The predicted octanol–water partition coefficient (Wildman–Crippen LogP) is 1.12. The summed E-state index contributed by atoms with van der Waals surface area (Å²) >= 11 is 0. The van der Waals surface area contributed by atoms with Crippen molar-refractivity contribution in [3.8, 4) is 5.75 Å². The molecule has 1 aromatic carbocycles. The third-order valence-electron chi connectivity index (χ3n) is 4.12. The molecule has 1 N–H and O–H groups in total. The van der Waals surface area contributed by atoms with Crippen LogP contribution in [0, 0.1) is 0 Å². The number of ether oxygens (including phenoxy) is 1. The van der Waals surface area contributed by atoms with Crippen molar-refractivity contribution < 1.29 is 9.53 Å². The maximum absolute atomic E-state index is 11.9. The molecule has 1 unspecified atom stereocenters. The molecule has 1 aromatic rings. The first kappa shape index (κ1) is 15.8. The SMILES string of the molecule is CNCC(=O)N1CCN(C(C)c2cccc(OC)c2)CC1. The number of amides is 1. The lowest BCUT2D eigenvalue weighted by Gasteiger charge is -2.38. The molecule has 1 heterocycles. The van der Waals surface area contributed by atoms with Crippen molar-refractivity contribution >= 4 is 5.91 Å². The molecule has 0 aliphatic carbocycles. The zero-order valence-electron chi connectivity index (χ0n) is 13.1. The van der Waals surface area contributed by atoms with E-state index in [-0.39, 0.29) is 5.91 Å². The number of nitrogens with zero attached hydrogens (tertiary/aromatic N) is 2. The molecule has 5 heteroatoms. The van der Waals surface area contributed by atoms with Crippen LogP contribution in [0.1, 0.15) is 18.5 Å². The Morgan fingerprint density at radius 2 is 2.05 bits per heavy atom. The Morgan fingerprint density at radius 1 is 1.33 bits per heavy atom. The summed E-state index contributed by atoms with van der Waals surface area (Å²) < 4.78 is 5.29. The van der Waals surface area contributed by atoms with Crippen LogP contribution in [0.5, 0.6) is 5.75 Å². The number of hydrogen-bond acceptors (Lipinski definition) is 4. The standard InChI is InChI=1S/C16H25N3O2/c1-13(14-5-4-6-15(11-14)21-3)18-7-9-19(10-8-18)16(20)12-17-2/h4-6,11,13,17H,7-10,12H2,1-3H3. The largest absolute Gasteiger partial charge is 0.497 e. The second-order valence-electron chi connectivity index (χ2n) is 5.40. The number of rotatable bonds is 5. The van der Waals surface area contributed by atoms with Gasteiger partial charge in [0.05, 0.1) is 13.7 Å². The average molecular weight is 291 g/mol. The third-order valence-corrected chi connectivity index (χ3v) is 4.12. The highest BCUT2D eigenvalue weighted by Crippen LogP contribution is 2.24. The highest BCUT2D eigenvalue weighted by molar-refractivity contribution is 5.78. The van der Waals surface area contributed by atoms with Crippen LogP contribution >= 0.6 is 0 Å². The van der Waals surface area contributed by atoms with Gasteiger partial charge >= 0.3 is 0 Å². The molecule has 0 aromatic heterocycles. The van der Waals surface area contributed by atoms with Crippen LogP contribution < -0.4 is 10.1 Å². The van der Waals surface area contributed by atoms with Crippen LogP contribution in [0.25, 0.3) is 0 Å². The molecule has 0 saturated carbocycles. The average Bonchev–Trinajstić information content (AvgIpc) is 2.54. The second kappa shape index (κ2) is 7.43. The summed E-state index contributed by atoms with van der Waals surface area (Å²) in [6.07, 6.45) is 0. The van der Waals surface area contributed by atoms with Crippen molar-refractivity contribution in [2.75, 3.05) is 46.9 Å². The van der Waals surface area contributed by atoms with E-state index in [0.29, 0.717) is 12.6 Å². The topological polar surface area (TPSA) is 44.8 Å². The number of carbonyl (C=O) groups is 1. The van der Waals surface area contributed by atoms with Gasteiger partial charge in [-0.05, 0) is 31.7 Å². The molecular weight excluding hydrogens is 266 g/mol. The molecular formula is C16H25N3O2. The molecule has 1 amide bonds. The van der Waals surface area contributed by atoms with Crippen LogP contribution in [0.2, 0.25) is 0 Å². The molecule has 1 saturated heterocycles. The minimum atomic E-state index is 0.186. The van der Waals surface area contributed by atoms with Crippen LogP contribution in [-0.4, -0.2) is 62.6 Å². The van der Waals surface area contributed by atoms with Crippen molar-refractivity contribution in [3.63, 3.8) is 0 Å². The van der Waals surface area contributed by atoms with Gasteiger partial charge in [0.1, 0.15) is 5.75 Å². The zero-order chi connectivity index (χ0) is 15.2. The summed E-state index contributed by atoms with van der Waals surface area (Å²) in [4.78, 5) is 16.2. The first-order valence-electron chi connectivity index (χ1n) is 7.46. The summed E-state index contributed by atoms with van der Waals surface area (Å²) in [5.74, 6) is 1.08. The van der Waals surface area contributed by atoms with Crippen LogP contribution in [-0.2, 0) is 4.79 Å². The van der Waals surface area contributed by atoms with E-state index in [9.17, 15) is 4.79 Å². The lowest BCUT2D eigenvalue weighted by molar-refractivity contribution is -0.132. The minimum Gasteiger partial charge on any atom is -0.497 e. The number of hydrogen-bond donors (Lipinski definition) is 1. The first-order chi connectivity index (χ1) is 10.2. The van der Waals surface area contributed by atoms with Gasteiger partial charge in [0, 0.05) is 32.2 Å². The third kappa shape index (κ3) is 3.95. The van der Waals surface area contributed by atoms with Crippen molar-refractivity contribution in [1.29, 1.82) is 0 Å². The van der Waals surface area contributed by atoms with E-state index in [1.807, 2.05) is 17.0 Å². The molecule has 0 radical (unpaired) electrons. The minimum absolute atomic E-state index is 0.186. The van der Waals surface area contributed by atoms with Crippen LogP contribution in [0.15, 0.2) is 24.3 Å². The number of likely N-dealkylation sites (N-methyl/N-ethyl adjacent to an activating group) is 1. The molecule has 1 aliphatic heterocycles. The number of methoxy groups -OCH3 is 1. The number of piperazine rings is 1. The summed E-state index contributed by atoms with van der Waals surface area (Å²) in [5, 5.41) is 2.92. The maximum atomic E-state index is 11.9. The highest BCUT2D eigenvalue weighted by Gasteiger charge is 2.24. The van der Waals surface area contributed by atoms with Crippen LogP contribution in [0.3, 0.4) is 0 Å². The fourth-order valence-corrected chi connectivity index (χ4v) is 2.73. The molecule has 1 atom stereocenters. The van der Waals surface area contributed by atoms with E-state index in [0.717, 1.165) is 31.9 Å². The molecule has 1 fully saturated rings. The Hall–Kier alpha value is -1.59. The van der Waals surface area contributed by atoms with Gasteiger partial charge in [-0.15, -0.1) is 0 Å². The molecule has 0 bridgehead atoms. The Balaban J connectivity index is 1.93. The highest BCUT2D eigenvalue weighted by atomic mass is 16.5. The molecule has 2 rings (SSSR count). The molecule has 116 valence electrons. The van der Waals surface area contributed by atoms with E-state index in [1.54, 1.807) is 14.2 Å². The van der Waals surface area contributed by atoms with Gasteiger partial charge in [0.15, 0.2) is 0 Å². The second-order valence-corrected chi connectivity index (χ2v) is 5.40. The van der Waals surface area contributed by atoms with E-state index < -0.39 is 0 Å². The molecule has 5 nitrogen and oxygen atoms in total. The quantitative estimate of drug-likeness (QED) is 0.883. The number of carbonyl (C=O) groups excluding carboxylic acids is 1. The van der Waals surface area contributed by atoms with Gasteiger partial charge in [-0.3, -0.25) is 9.69 Å². The molecule has 1 aliphatic rings. The first-order valence-corrected chi connectivity index (χ1v) is 7.46. The Bertz CT molecular complexity index is 470. The van der Waals surface area contributed by atoms with Gasteiger partial charge in [-0.1, -0.05) is 12.1 Å². The van der Waals surface area contributed by atoms with E-state index in [2.05, 4.69) is 29.3 Å². The summed E-state index contributed by atoms with van der Waals surface area (Å²) in [6.45, 7) is 6.05. The van der Waals surface area contributed by atoms with Gasteiger partial charge in [-0.2, -0.15) is 0 Å². The fourth-order valence-electron chi connectivity index (χ4n) is 2.73. The molecule has 21 heavy (non-hydrogen) atoms. The Labute approximate surface area is 126 Å². The van der Waals surface area contributed by atoms with Crippen molar-refractivity contribution in [1.82, 2.24) is 15.1 Å². The smallest absolute Gasteiger partial charge is 0.236 e. The van der Waals surface area contributed by atoms with Gasteiger partial charge in [0.25, 0.3) is 0 Å². The monoisotopic (exact) mass is 291 g/mol. The lowest BCUT2D eigenvalue weighted by atomic mass is 10.1. The normalized spacial score (nSPS) is 17.6. The fraction of sp³-hybridized carbons (Fsp3) is 0.562. The summed E-state index contributed by atoms with van der Waals surface area (Å²) in [5.41, 5.74) is 1.25. The number of nitrogens with one attached hydrogen (secondary N) is 1. The van der Waals surface area contributed by atoms with E-state index >= 15 is 0 Å². The Kier molecular flexibility index (Phi) is 5.59. The lowest BCUT2D eigenvalue weighted by Crippen LogP contribution is -2.51. The van der Waals surface area contributed by atoms with Crippen molar-refractivity contribution in [2.45, 2.75) is 13.0 Å². The van der Waals surface area contributed by atoms with Crippen molar-refractivity contribution in [3.05, 3.63) is 29.8 Å². The maximum Gasteiger partial charge on any atom is 0.236 e. The van der Waals surface area contributed by atoms with Gasteiger partial charge in [0.2, 0.25) is 5.91 Å². The van der Waals surface area contributed by atoms with Gasteiger partial charge in [-0.25, -0.2) is 0 Å². The van der Waals surface area contributed by atoms with Gasteiger partial charge < -0.3 is 15.0 Å². The van der Waals surface area contributed by atoms with E-state index in [1.165, 1.54) is 5.56 Å². The van der Waals surface area contributed by atoms with Crippen molar-refractivity contribution in [2.24, 2.45) is 0 Å². The van der Waals surface area contributed by atoms with Crippen LogP contribution in [0.4, 0.5) is 0 Å². The van der Waals surface area contributed by atoms with E-state index in [4.69, 9.17) is 4.74 Å².